The van der Waals surface area contributed by atoms with Crippen molar-refractivity contribution < 1.29 is 4.79 Å². The molecule has 142 valence electrons. The van der Waals surface area contributed by atoms with Crippen molar-refractivity contribution in [2.75, 3.05) is 13.1 Å². The number of fused-ring (bicyclic) bond motifs is 1. The molecule has 0 bridgehead atoms. The Hall–Kier alpha value is -1.32. The second-order valence-corrected chi connectivity index (χ2v) is 8.45. The molecule has 1 aromatic rings. The van der Waals surface area contributed by atoms with E-state index in [1.165, 1.54) is 5.56 Å². The minimum atomic E-state index is -0.489. The average molecular weight is 375 g/mol. The number of allylic oxidation sites excluding steroid dienone is 1. The summed E-state index contributed by atoms with van der Waals surface area (Å²) >= 11 is 6.06. The Labute approximate surface area is 162 Å². The van der Waals surface area contributed by atoms with Crippen LogP contribution in [0.1, 0.15) is 51.0 Å². The maximum Gasteiger partial charge on any atom is 0.240 e. The van der Waals surface area contributed by atoms with Crippen molar-refractivity contribution in [2.24, 2.45) is 11.3 Å². The van der Waals surface area contributed by atoms with Crippen LogP contribution in [0.25, 0.3) is 0 Å². The summed E-state index contributed by atoms with van der Waals surface area (Å²) in [6.45, 7) is 7.82. The molecule has 2 N–H and O–H groups in total. The molecule has 0 spiro atoms. The first-order valence-electron chi connectivity index (χ1n) is 9.95. The molecule has 2 fully saturated rings. The number of hydrogen-bond acceptors (Lipinski definition) is 2. The Morgan fingerprint density at radius 3 is 2.85 bits per heavy atom. The molecule has 1 aromatic carbocycles. The predicted octanol–water partition coefficient (Wildman–Crippen LogP) is 4.50. The largest absolute Gasteiger partial charge is 0.354 e. The number of nitrogens with one attached hydrogen (secondary N) is 2. The first-order chi connectivity index (χ1) is 12.5. The maximum atomic E-state index is 13.4. The molecule has 2 aliphatic rings. The number of benzene rings is 1. The summed E-state index contributed by atoms with van der Waals surface area (Å²) in [6, 6.07) is 8.12. The van der Waals surface area contributed by atoms with Crippen molar-refractivity contribution in [1.82, 2.24) is 10.6 Å². The molecule has 4 heteroatoms. The third-order valence-electron chi connectivity index (χ3n) is 6.49. The van der Waals surface area contributed by atoms with Gasteiger partial charge in [0.15, 0.2) is 0 Å². The van der Waals surface area contributed by atoms with Gasteiger partial charge in [0.05, 0.1) is 0 Å². The summed E-state index contributed by atoms with van der Waals surface area (Å²) in [4.78, 5) is 13.4. The first kappa shape index (κ1) is 19.4. The molecule has 3 unspecified atom stereocenters. The van der Waals surface area contributed by atoms with Crippen LogP contribution in [0.5, 0.6) is 0 Å². The molecule has 1 aliphatic carbocycles. The van der Waals surface area contributed by atoms with E-state index in [-0.39, 0.29) is 11.3 Å². The fourth-order valence-corrected chi connectivity index (χ4v) is 5.09. The Bertz CT molecular complexity index is 644. The second kappa shape index (κ2) is 8.14. The molecule has 1 saturated carbocycles. The van der Waals surface area contributed by atoms with E-state index >= 15 is 0 Å². The maximum absolute atomic E-state index is 13.4. The fraction of sp³-hybridized carbons (Fsp3) is 0.591. The van der Waals surface area contributed by atoms with Crippen molar-refractivity contribution >= 4 is 17.5 Å². The van der Waals surface area contributed by atoms with Crippen molar-refractivity contribution in [3.05, 3.63) is 47.5 Å². The molecule has 1 saturated heterocycles. The lowest BCUT2D eigenvalue weighted by Gasteiger charge is -2.50. The zero-order valence-electron chi connectivity index (χ0n) is 15.8. The van der Waals surface area contributed by atoms with Gasteiger partial charge in [-0.05, 0) is 68.7 Å². The van der Waals surface area contributed by atoms with Crippen molar-refractivity contribution in [3.8, 4) is 0 Å². The van der Waals surface area contributed by atoms with Crippen LogP contribution < -0.4 is 10.6 Å². The van der Waals surface area contributed by atoms with Gasteiger partial charge in [-0.25, -0.2) is 0 Å². The van der Waals surface area contributed by atoms with Gasteiger partial charge in [0.1, 0.15) is 5.54 Å². The normalized spacial score (nSPS) is 30.6. The number of rotatable bonds is 7. The van der Waals surface area contributed by atoms with Crippen LogP contribution in [0.15, 0.2) is 36.9 Å². The van der Waals surface area contributed by atoms with Crippen LogP contribution in [0.3, 0.4) is 0 Å². The van der Waals surface area contributed by atoms with Crippen molar-refractivity contribution in [1.29, 1.82) is 0 Å². The Morgan fingerprint density at radius 2 is 2.15 bits per heavy atom. The smallest absolute Gasteiger partial charge is 0.240 e. The number of halogens is 1. The zero-order valence-corrected chi connectivity index (χ0v) is 16.6. The molecular weight excluding hydrogens is 344 g/mol. The van der Waals surface area contributed by atoms with Crippen molar-refractivity contribution in [2.45, 2.75) is 57.4 Å². The predicted molar refractivity (Wildman–Crippen MR) is 108 cm³/mol. The van der Waals surface area contributed by atoms with Crippen molar-refractivity contribution in [3.63, 3.8) is 0 Å². The summed E-state index contributed by atoms with van der Waals surface area (Å²) < 4.78 is 0. The summed E-state index contributed by atoms with van der Waals surface area (Å²) in [5.41, 5.74) is 0.745. The third-order valence-corrected chi connectivity index (χ3v) is 6.74. The quantitative estimate of drug-likeness (QED) is 0.544. The monoisotopic (exact) mass is 374 g/mol. The molecule has 1 heterocycles. The van der Waals surface area contributed by atoms with Gasteiger partial charge in [-0.3, -0.25) is 4.79 Å². The van der Waals surface area contributed by atoms with Gasteiger partial charge in [-0.15, -0.1) is 6.58 Å². The Kier molecular flexibility index (Phi) is 6.09. The second-order valence-electron chi connectivity index (χ2n) is 8.01. The number of carbonyl (C=O) groups is 1. The van der Waals surface area contributed by atoms with E-state index in [1.54, 1.807) is 0 Å². The van der Waals surface area contributed by atoms with E-state index in [0.717, 1.165) is 63.1 Å². The van der Waals surface area contributed by atoms with Crippen LogP contribution in [-0.4, -0.2) is 24.5 Å². The van der Waals surface area contributed by atoms with E-state index in [1.807, 2.05) is 18.2 Å². The molecule has 3 nitrogen and oxygen atoms in total. The standard InChI is InChI=1S/C22H31ClN2O/c1-3-5-13-24-20(26)22-16-17(4-2)10-11-21(22,12-14-25-22)15-18-6-8-19(23)9-7-18/h4,6-9,17,25H,2-3,5,10-16H2,1H3,(H,24,26). The highest BCUT2D eigenvalue weighted by molar-refractivity contribution is 6.30. The number of amides is 1. The van der Waals surface area contributed by atoms with Gasteiger partial charge in [-0.2, -0.15) is 0 Å². The molecule has 26 heavy (non-hydrogen) atoms. The minimum Gasteiger partial charge on any atom is -0.354 e. The van der Waals surface area contributed by atoms with Gasteiger partial charge < -0.3 is 10.6 Å². The third kappa shape index (κ3) is 3.57. The van der Waals surface area contributed by atoms with E-state index in [9.17, 15) is 4.79 Å². The van der Waals surface area contributed by atoms with E-state index in [0.29, 0.717) is 5.92 Å². The highest BCUT2D eigenvalue weighted by Crippen LogP contribution is 2.54. The van der Waals surface area contributed by atoms with Crippen LogP contribution in [0.4, 0.5) is 0 Å². The summed E-state index contributed by atoms with van der Waals surface area (Å²) in [6.07, 6.45) is 9.13. The first-order valence-corrected chi connectivity index (χ1v) is 10.3. The Morgan fingerprint density at radius 1 is 1.38 bits per heavy atom. The average Bonchev–Trinajstić information content (AvgIpc) is 3.03. The lowest BCUT2D eigenvalue weighted by Crippen LogP contribution is -2.65. The molecule has 3 rings (SSSR count). The number of unbranched alkanes of at least 4 members (excludes halogenated alkanes) is 1. The molecule has 1 aliphatic heterocycles. The van der Waals surface area contributed by atoms with Crippen LogP contribution in [0, 0.1) is 11.3 Å². The summed E-state index contributed by atoms with van der Waals surface area (Å²) in [5, 5.41) is 7.63. The highest BCUT2D eigenvalue weighted by Gasteiger charge is 2.61. The number of carbonyl (C=O) groups excluding carboxylic acids is 1. The summed E-state index contributed by atoms with van der Waals surface area (Å²) in [5.74, 6) is 0.583. The molecular formula is C22H31ClN2O. The minimum absolute atomic E-state index is 0.0311. The number of hydrogen-bond donors (Lipinski definition) is 2. The van der Waals surface area contributed by atoms with Gasteiger partial charge >= 0.3 is 0 Å². The fourth-order valence-electron chi connectivity index (χ4n) is 4.97. The zero-order chi connectivity index (χ0) is 18.6. The molecule has 1 amide bonds. The van der Waals surface area contributed by atoms with E-state index in [4.69, 9.17) is 11.6 Å². The Balaban J connectivity index is 1.90. The lowest BCUT2D eigenvalue weighted by atomic mass is 9.56. The van der Waals surface area contributed by atoms with Gasteiger partial charge in [0.2, 0.25) is 5.91 Å². The molecule has 0 radical (unpaired) electrons. The SMILES string of the molecule is C=CC1CCC2(Cc3ccc(Cl)cc3)CCNC2(C(=O)NCCCC)C1. The van der Waals surface area contributed by atoms with Gasteiger partial charge in [0.25, 0.3) is 0 Å². The van der Waals surface area contributed by atoms with Crippen LogP contribution >= 0.6 is 11.6 Å². The van der Waals surface area contributed by atoms with Gasteiger partial charge in [0, 0.05) is 17.0 Å². The van der Waals surface area contributed by atoms with Crippen LogP contribution in [-0.2, 0) is 11.2 Å². The van der Waals surface area contributed by atoms with Crippen LogP contribution in [0.2, 0.25) is 5.02 Å². The highest BCUT2D eigenvalue weighted by atomic mass is 35.5. The molecule has 3 atom stereocenters. The molecule has 0 aromatic heterocycles. The lowest BCUT2D eigenvalue weighted by molar-refractivity contribution is -0.134. The van der Waals surface area contributed by atoms with Gasteiger partial charge in [-0.1, -0.05) is 43.2 Å². The van der Waals surface area contributed by atoms with E-state index < -0.39 is 5.54 Å². The van der Waals surface area contributed by atoms with E-state index in [2.05, 4.69) is 36.3 Å². The summed E-state index contributed by atoms with van der Waals surface area (Å²) in [7, 11) is 0. The topological polar surface area (TPSA) is 41.1 Å².